The van der Waals surface area contributed by atoms with E-state index in [0.29, 0.717) is 12.0 Å². The van der Waals surface area contributed by atoms with Gasteiger partial charge >= 0.3 is 5.97 Å². The summed E-state index contributed by atoms with van der Waals surface area (Å²) in [7, 11) is 1.84. The second-order valence-electron chi connectivity index (χ2n) is 20.9. The van der Waals surface area contributed by atoms with E-state index in [1.807, 2.05) is 25.9 Å². The molecule has 0 spiro atoms. The van der Waals surface area contributed by atoms with Crippen LogP contribution in [0, 0.1) is 23.7 Å². The maximum Gasteiger partial charge on any atom is 0.311 e. The van der Waals surface area contributed by atoms with Crippen molar-refractivity contribution in [2.75, 3.05) is 34.1 Å². The van der Waals surface area contributed by atoms with Crippen LogP contribution in [-0.2, 0) is 52.6 Å². The van der Waals surface area contributed by atoms with Crippen molar-refractivity contribution in [3.63, 3.8) is 0 Å². The Morgan fingerprint density at radius 1 is 0.931 bits per heavy atom. The Hall–Kier alpha value is -2.16. The van der Waals surface area contributed by atoms with Gasteiger partial charge in [-0.2, -0.15) is 0 Å². The summed E-state index contributed by atoms with van der Waals surface area (Å²) in [4.78, 5) is 39.9. The average molecular weight is 1090 g/mol. The molecule has 0 aromatic heterocycles. The van der Waals surface area contributed by atoms with E-state index in [9.17, 15) is 58.5 Å². The third-order valence-electron chi connectivity index (χ3n) is 14.6. The summed E-state index contributed by atoms with van der Waals surface area (Å²) in [5.41, 5.74) is -4.50. The van der Waals surface area contributed by atoms with Gasteiger partial charge in [-0.05, 0) is 92.6 Å². The Morgan fingerprint density at radius 2 is 1.51 bits per heavy atom. The molecule has 4 rings (SSSR count). The van der Waals surface area contributed by atoms with E-state index in [4.69, 9.17) is 51.6 Å². The summed E-state index contributed by atoms with van der Waals surface area (Å²) in [5, 5.41) is 79.2. The lowest BCUT2D eigenvalue weighted by atomic mass is 9.74. The molecule has 0 radical (unpaired) electrons. The van der Waals surface area contributed by atoms with E-state index in [1.165, 1.54) is 52.1 Å². The number of alkyl halides is 2. The maximum absolute atomic E-state index is 14.1. The minimum atomic E-state index is -3.34. The van der Waals surface area contributed by atoms with Crippen LogP contribution < -0.4 is 5.32 Å². The van der Waals surface area contributed by atoms with Crippen LogP contribution in [0.5, 0.6) is 0 Å². The van der Waals surface area contributed by atoms with Crippen molar-refractivity contribution in [2.45, 2.75) is 201 Å². The molecular weight excluding hydrogens is 1010 g/mol. The van der Waals surface area contributed by atoms with Crippen LogP contribution in [0.1, 0.15) is 107 Å². The van der Waals surface area contributed by atoms with Crippen LogP contribution in [0.25, 0.3) is 0 Å². The number of Topliss-reactive ketones (excluding diaryl/α,β-unsaturated/α-hetero) is 1. The predicted molar refractivity (Wildman–Crippen MR) is 265 cm³/mol. The van der Waals surface area contributed by atoms with Crippen molar-refractivity contribution < 1.29 is 87.0 Å². The first-order chi connectivity index (χ1) is 33.1. The Balaban J connectivity index is 0.000000543. The van der Waals surface area contributed by atoms with Crippen LogP contribution in [-0.4, -0.2) is 196 Å². The van der Waals surface area contributed by atoms with Crippen molar-refractivity contribution in [3.05, 3.63) is 29.8 Å². The molecule has 8 N–H and O–H groups in total. The number of carbonyl (C=O) groups is 3. The number of carbonyl (C=O) groups excluding carboxylic acids is 3. The van der Waals surface area contributed by atoms with Crippen molar-refractivity contribution >= 4 is 50.7 Å². The zero-order chi connectivity index (χ0) is 55.2. The standard InChI is InChI=1S/C37H67NO13.C12H15Cl2NO5S/c1-14-25-37(10,45)30(41)20(4)27(39)18(2)16-35(8,44)32(51-34-28(40)24(38(11)12)15-19(3)47-34)21(5)29(22(6)33(43)49-25)50-26-17-36(9,46-13)31(42)23(7)48-26;1-21(19,20)8-4-2-7(3-5-8)10(17)9(6-16)15-12(18)11(13)14/h18-26,28-32,34,40-42,44-45H,14-17H2,1-13H3;2-5,9-11,16-17H,6H2,1H3,(H,15,18)/t18-,19-,20+,21+,22-,23+,24+,25-,26+,28-,29+,30-,31+,32-,34+,35-,36-,37-;9-,10-/m11/s1. The van der Waals surface area contributed by atoms with Gasteiger partial charge in [0.15, 0.2) is 27.3 Å². The number of ketones is 1. The summed E-state index contributed by atoms with van der Waals surface area (Å²) >= 11 is 10.7. The van der Waals surface area contributed by atoms with Gasteiger partial charge in [-0.25, -0.2) is 8.42 Å². The minimum absolute atomic E-state index is 0.0936. The number of hydrogen-bond donors (Lipinski definition) is 8. The molecule has 416 valence electrons. The number of nitrogens with zero attached hydrogens (tertiary/aromatic N) is 1. The lowest BCUT2D eigenvalue weighted by Gasteiger charge is -2.49. The number of amides is 1. The van der Waals surface area contributed by atoms with Gasteiger partial charge in [0, 0.05) is 43.6 Å². The number of benzene rings is 1. The molecule has 1 aromatic rings. The number of ether oxygens (including phenoxy) is 6. The molecule has 20 nitrogen and oxygen atoms in total. The van der Waals surface area contributed by atoms with E-state index >= 15 is 0 Å². The van der Waals surface area contributed by atoms with Crippen molar-refractivity contribution in [1.29, 1.82) is 0 Å². The molecule has 3 aliphatic heterocycles. The smallest absolute Gasteiger partial charge is 0.311 e. The molecule has 1 amide bonds. The van der Waals surface area contributed by atoms with Gasteiger partial charge in [-0.15, -0.1) is 0 Å². The third kappa shape index (κ3) is 15.7. The fourth-order valence-corrected chi connectivity index (χ4v) is 10.8. The van der Waals surface area contributed by atoms with Gasteiger partial charge in [0.1, 0.15) is 35.8 Å². The summed E-state index contributed by atoms with van der Waals surface area (Å²) in [6.07, 6.45) is -9.88. The number of rotatable bonds is 13. The quantitative estimate of drug-likeness (QED) is 0.104. The van der Waals surface area contributed by atoms with Crippen molar-refractivity contribution in [1.82, 2.24) is 10.2 Å². The zero-order valence-electron chi connectivity index (χ0n) is 44.0. The maximum atomic E-state index is 14.1. The number of halogens is 2. The number of esters is 1. The van der Waals surface area contributed by atoms with Crippen LogP contribution in [0.15, 0.2) is 29.2 Å². The highest BCUT2D eigenvalue weighted by Gasteiger charge is 2.53. The first kappa shape index (κ1) is 64.1. The van der Waals surface area contributed by atoms with Crippen LogP contribution in [0.2, 0.25) is 0 Å². The lowest BCUT2D eigenvalue weighted by molar-refractivity contribution is -0.318. The predicted octanol–water partition coefficient (Wildman–Crippen LogP) is 2.19. The van der Waals surface area contributed by atoms with Gasteiger partial charge in [-0.3, -0.25) is 14.4 Å². The molecule has 72 heavy (non-hydrogen) atoms. The molecule has 0 bridgehead atoms. The van der Waals surface area contributed by atoms with Crippen LogP contribution in [0.3, 0.4) is 0 Å². The van der Waals surface area contributed by atoms with Gasteiger partial charge in [0.05, 0.1) is 65.2 Å². The van der Waals surface area contributed by atoms with E-state index in [2.05, 4.69) is 5.32 Å². The number of sulfone groups is 1. The molecule has 1 aromatic carbocycles. The average Bonchev–Trinajstić information content (AvgIpc) is 3.30. The Labute approximate surface area is 434 Å². The Kier molecular flexibility index (Phi) is 23.4. The van der Waals surface area contributed by atoms with E-state index in [-0.39, 0.29) is 36.3 Å². The second kappa shape index (κ2) is 26.3. The molecule has 20 atom stereocenters. The molecular formula is C49H82Cl2N2O18S. The first-order valence-electron chi connectivity index (χ1n) is 24.3. The van der Waals surface area contributed by atoms with Crippen LogP contribution >= 0.6 is 23.2 Å². The molecule has 23 heteroatoms. The number of methoxy groups -OCH3 is 1. The summed E-state index contributed by atoms with van der Waals surface area (Å²) in [6.45, 7) is 15.8. The normalized spacial score (nSPS) is 39.5. The highest BCUT2D eigenvalue weighted by Crippen LogP contribution is 2.41. The molecule has 0 aliphatic carbocycles. The van der Waals surface area contributed by atoms with Gasteiger partial charge in [-0.1, -0.05) is 63.0 Å². The van der Waals surface area contributed by atoms with E-state index in [0.717, 1.165) is 6.26 Å². The van der Waals surface area contributed by atoms with E-state index in [1.54, 1.807) is 41.5 Å². The Morgan fingerprint density at radius 3 is 2.01 bits per heavy atom. The largest absolute Gasteiger partial charge is 0.459 e. The molecule has 0 unspecified atom stereocenters. The van der Waals surface area contributed by atoms with Gasteiger partial charge < -0.3 is 74.4 Å². The van der Waals surface area contributed by atoms with Crippen molar-refractivity contribution in [2.24, 2.45) is 23.7 Å². The van der Waals surface area contributed by atoms with Gasteiger partial charge in [0.2, 0.25) is 0 Å². The number of likely N-dealkylation sites (N-methyl/N-ethyl adjacent to an activating group) is 1. The SMILES string of the molecule is CC[C@H]1OC(=O)[C@H](C)[C@@H](O[C@H]2C[C@@](C)(OC)[C@@H](O)[C@H](C)O2)[C@H](C)[C@@H](O[C@@H]2O[C@H](C)C[C@H](N(C)C)[C@H]2O)[C@](C)(O)C[C@@H](C)C(=O)[C@H](C)[C@@H](O)[C@]1(C)O.CS(=O)(=O)c1ccc([C@@H](O)[C@@H](CO)NC(=O)C(Cl)Cl)cc1. The summed E-state index contributed by atoms with van der Waals surface area (Å²) < 4.78 is 59.7. The zero-order valence-corrected chi connectivity index (χ0v) is 46.3. The fourth-order valence-electron chi connectivity index (χ4n) is 10.0. The van der Waals surface area contributed by atoms with Crippen molar-refractivity contribution in [3.8, 4) is 0 Å². The number of nitrogens with one attached hydrogen (secondary N) is 1. The second-order valence-corrected chi connectivity index (χ2v) is 24.0. The van der Waals surface area contributed by atoms with Gasteiger partial charge in [0.25, 0.3) is 5.91 Å². The molecule has 3 saturated heterocycles. The molecule has 0 saturated carbocycles. The highest BCUT2D eigenvalue weighted by molar-refractivity contribution is 7.90. The number of hydrogen-bond acceptors (Lipinski definition) is 19. The summed E-state index contributed by atoms with van der Waals surface area (Å²) in [5.74, 6) is -5.72. The number of cyclic esters (lactones) is 1. The van der Waals surface area contributed by atoms with Crippen LogP contribution in [0.4, 0.5) is 0 Å². The molecule has 3 aliphatic rings. The minimum Gasteiger partial charge on any atom is -0.459 e. The Bertz CT molecular complexity index is 2030. The molecule has 3 fully saturated rings. The monoisotopic (exact) mass is 1090 g/mol. The highest BCUT2D eigenvalue weighted by atomic mass is 35.5. The summed E-state index contributed by atoms with van der Waals surface area (Å²) in [6, 6.07) is 4.12. The topological polar surface area (TPSA) is 298 Å². The third-order valence-corrected chi connectivity index (χ3v) is 16.1. The number of aliphatic hydroxyl groups excluding tert-OH is 5. The lowest BCUT2D eigenvalue weighted by Crippen LogP contribution is -2.61. The molecule has 3 heterocycles. The first-order valence-corrected chi connectivity index (χ1v) is 27.1. The fraction of sp³-hybridized carbons (Fsp3) is 0.816. The number of aliphatic hydroxyl groups is 7. The van der Waals surface area contributed by atoms with E-state index < -0.39 is 147 Å².